The second kappa shape index (κ2) is 3.91. The van der Waals surface area contributed by atoms with E-state index in [1.165, 1.54) is 5.56 Å². The first-order valence-corrected chi connectivity index (χ1v) is 5.80. The average molecular weight is 229 g/mol. The van der Waals surface area contributed by atoms with Gasteiger partial charge in [-0.1, -0.05) is 29.8 Å². The summed E-state index contributed by atoms with van der Waals surface area (Å²) in [6.45, 7) is 8.44. The summed E-state index contributed by atoms with van der Waals surface area (Å²) < 4.78 is 1.98. The van der Waals surface area contributed by atoms with Crippen LogP contribution < -0.4 is 5.73 Å². The monoisotopic (exact) mass is 229 g/mol. The normalized spacial score (nSPS) is 11.8. The Morgan fingerprint density at radius 1 is 1.12 bits per heavy atom. The van der Waals surface area contributed by atoms with Gasteiger partial charge in [0.25, 0.3) is 0 Å². The van der Waals surface area contributed by atoms with Crippen LogP contribution in [0.5, 0.6) is 0 Å². The summed E-state index contributed by atoms with van der Waals surface area (Å²) in [5.41, 5.74) is 10.0. The molecule has 0 saturated heterocycles. The predicted octanol–water partition coefficient (Wildman–Crippen LogP) is 3.20. The molecule has 0 radical (unpaired) electrons. The number of hydrogen-bond donors (Lipinski definition) is 1. The molecule has 1 heterocycles. The van der Waals surface area contributed by atoms with E-state index in [4.69, 9.17) is 5.73 Å². The van der Waals surface area contributed by atoms with E-state index in [2.05, 4.69) is 57.1 Å². The summed E-state index contributed by atoms with van der Waals surface area (Å²) in [7, 11) is 0. The van der Waals surface area contributed by atoms with Crippen molar-refractivity contribution < 1.29 is 0 Å². The number of nitrogens with zero attached hydrogens (tertiary/aromatic N) is 2. The highest BCUT2D eigenvalue weighted by Crippen LogP contribution is 2.30. The van der Waals surface area contributed by atoms with Crippen LogP contribution in [0.15, 0.2) is 30.5 Å². The SMILES string of the molecule is Cc1ccc(-c2c(N)cnn2C(C)(C)C)cc1. The van der Waals surface area contributed by atoms with Crippen molar-refractivity contribution in [3.05, 3.63) is 36.0 Å². The number of rotatable bonds is 1. The maximum absolute atomic E-state index is 6.02. The summed E-state index contributed by atoms with van der Waals surface area (Å²) in [6.07, 6.45) is 1.72. The van der Waals surface area contributed by atoms with Crippen LogP contribution in [0.4, 0.5) is 5.69 Å². The zero-order valence-electron chi connectivity index (χ0n) is 10.9. The number of hydrogen-bond acceptors (Lipinski definition) is 2. The molecule has 0 aliphatic rings. The molecular formula is C14H19N3. The molecule has 0 unspecified atom stereocenters. The Bertz CT molecular complexity index is 515. The van der Waals surface area contributed by atoms with Gasteiger partial charge in [0.05, 0.1) is 23.1 Å². The molecule has 0 bridgehead atoms. The summed E-state index contributed by atoms with van der Waals surface area (Å²) in [4.78, 5) is 0. The van der Waals surface area contributed by atoms with Crippen LogP contribution in [0.25, 0.3) is 11.3 Å². The summed E-state index contributed by atoms with van der Waals surface area (Å²) in [6, 6.07) is 8.36. The molecule has 0 aliphatic heterocycles. The minimum Gasteiger partial charge on any atom is -0.396 e. The van der Waals surface area contributed by atoms with Gasteiger partial charge < -0.3 is 5.73 Å². The highest BCUT2D eigenvalue weighted by Gasteiger charge is 2.20. The molecule has 2 N–H and O–H groups in total. The molecule has 3 nitrogen and oxygen atoms in total. The molecule has 0 aliphatic carbocycles. The lowest BCUT2D eigenvalue weighted by molar-refractivity contribution is 0.360. The maximum Gasteiger partial charge on any atom is 0.0918 e. The Morgan fingerprint density at radius 2 is 1.71 bits per heavy atom. The van der Waals surface area contributed by atoms with E-state index in [9.17, 15) is 0 Å². The Kier molecular flexibility index (Phi) is 2.69. The first kappa shape index (κ1) is 11.7. The second-order valence-corrected chi connectivity index (χ2v) is 5.40. The molecule has 2 rings (SSSR count). The Hall–Kier alpha value is -1.77. The van der Waals surface area contributed by atoms with Gasteiger partial charge in [0.15, 0.2) is 0 Å². The molecule has 0 atom stereocenters. The van der Waals surface area contributed by atoms with Gasteiger partial charge in [-0.3, -0.25) is 4.68 Å². The zero-order valence-corrected chi connectivity index (χ0v) is 10.9. The lowest BCUT2D eigenvalue weighted by Gasteiger charge is -2.22. The molecule has 1 aromatic carbocycles. The molecular weight excluding hydrogens is 210 g/mol. The third-order valence-electron chi connectivity index (χ3n) is 2.76. The second-order valence-electron chi connectivity index (χ2n) is 5.40. The van der Waals surface area contributed by atoms with Gasteiger partial charge in [0.1, 0.15) is 0 Å². The molecule has 0 saturated carbocycles. The van der Waals surface area contributed by atoms with Gasteiger partial charge in [-0.2, -0.15) is 5.10 Å². The van der Waals surface area contributed by atoms with Crippen molar-refractivity contribution in [2.24, 2.45) is 0 Å². The standard InChI is InChI=1S/C14H19N3/c1-10-5-7-11(8-6-10)13-12(15)9-16-17(13)14(2,3)4/h5-9H,15H2,1-4H3. The summed E-state index contributed by atoms with van der Waals surface area (Å²) >= 11 is 0. The van der Waals surface area contributed by atoms with Crippen LogP contribution in [0.3, 0.4) is 0 Å². The van der Waals surface area contributed by atoms with Gasteiger partial charge in [0.2, 0.25) is 0 Å². The lowest BCUT2D eigenvalue weighted by atomic mass is 10.1. The summed E-state index contributed by atoms with van der Waals surface area (Å²) in [5, 5.41) is 4.38. The number of nitrogen functional groups attached to an aromatic ring is 1. The molecule has 17 heavy (non-hydrogen) atoms. The Labute approximate surface area is 102 Å². The number of aryl methyl sites for hydroxylation is 1. The van der Waals surface area contributed by atoms with Crippen molar-refractivity contribution in [1.29, 1.82) is 0 Å². The van der Waals surface area contributed by atoms with Crippen LogP contribution >= 0.6 is 0 Å². The van der Waals surface area contributed by atoms with Gasteiger partial charge in [0, 0.05) is 5.56 Å². The first-order chi connectivity index (χ1) is 7.89. The van der Waals surface area contributed by atoms with E-state index in [-0.39, 0.29) is 5.54 Å². The number of aromatic nitrogens is 2. The fourth-order valence-corrected chi connectivity index (χ4v) is 1.87. The topological polar surface area (TPSA) is 43.8 Å². The van der Waals surface area contributed by atoms with Crippen molar-refractivity contribution in [2.45, 2.75) is 33.2 Å². The van der Waals surface area contributed by atoms with Crippen molar-refractivity contribution >= 4 is 5.69 Å². The van der Waals surface area contributed by atoms with Crippen LogP contribution in [-0.2, 0) is 5.54 Å². The highest BCUT2D eigenvalue weighted by molar-refractivity contribution is 5.72. The smallest absolute Gasteiger partial charge is 0.0918 e. The molecule has 3 heteroatoms. The summed E-state index contributed by atoms with van der Waals surface area (Å²) in [5.74, 6) is 0. The van der Waals surface area contributed by atoms with Crippen molar-refractivity contribution in [3.8, 4) is 11.3 Å². The van der Waals surface area contributed by atoms with Crippen LogP contribution in [0, 0.1) is 6.92 Å². The maximum atomic E-state index is 6.02. The molecule has 2 aromatic rings. The molecule has 0 spiro atoms. The van der Waals surface area contributed by atoms with Crippen LogP contribution in [-0.4, -0.2) is 9.78 Å². The third kappa shape index (κ3) is 2.18. The lowest BCUT2D eigenvalue weighted by Crippen LogP contribution is -2.24. The minimum atomic E-state index is -0.0716. The zero-order chi connectivity index (χ0) is 12.6. The average Bonchev–Trinajstić information content (AvgIpc) is 2.61. The van der Waals surface area contributed by atoms with Crippen LogP contribution in [0.1, 0.15) is 26.3 Å². The van der Waals surface area contributed by atoms with E-state index in [0.717, 1.165) is 16.9 Å². The third-order valence-corrected chi connectivity index (χ3v) is 2.76. The van der Waals surface area contributed by atoms with E-state index in [0.29, 0.717) is 0 Å². The largest absolute Gasteiger partial charge is 0.396 e. The van der Waals surface area contributed by atoms with Crippen molar-refractivity contribution in [2.75, 3.05) is 5.73 Å². The predicted molar refractivity (Wildman–Crippen MR) is 71.8 cm³/mol. The van der Waals surface area contributed by atoms with Crippen molar-refractivity contribution in [1.82, 2.24) is 9.78 Å². The fraction of sp³-hybridized carbons (Fsp3) is 0.357. The Morgan fingerprint density at radius 3 is 2.24 bits per heavy atom. The Balaban J connectivity index is 2.59. The molecule has 0 fully saturated rings. The van der Waals surface area contributed by atoms with Gasteiger partial charge in [-0.05, 0) is 27.7 Å². The number of anilines is 1. The van der Waals surface area contributed by atoms with E-state index < -0.39 is 0 Å². The highest BCUT2D eigenvalue weighted by atomic mass is 15.3. The van der Waals surface area contributed by atoms with Gasteiger partial charge in [-0.15, -0.1) is 0 Å². The van der Waals surface area contributed by atoms with Gasteiger partial charge in [-0.25, -0.2) is 0 Å². The molecule has 90 valence electrons. The van der Waals surface area contributed by atoms with E-state index in [1.54, 1.807) is 6.20 Å². The molecule has 0 amide bonds. The van der Waals surface area contributed by atoms with E-state index in [1.807, 2.05) is 4.68 Å². The molecule has 1 aromatic heterocycles. The quantitative estimate of drug-likeness (QED) is 0.816. The van der Waals surface area contributed by atoms with Crippen molar-refractivity contribution in [3.63, 3.8) is 0 Å². The number of nitrogens with two attached hydrogens (primary N) is 1. The van der Waals surface area contributed by atoms with E-state index >= 15 is 0 Å². The van der Waals surface area contributed by atoms with Crippen LogP contribution in [0.2, 0.25) is 0 Å². The fourth-order valence-electron chi connectivity index (χ4n) is 1.87. The number of benzene rings is 1. The minimum absolute atomic E-state index is 0.0716. The first-order valence-electron chi connectivity index (χ1n) is 5.80. The van der Waals surface area contributed by atoms with Gasteiger partial charge >= 0.3 is 0 Å².